The van der Waals surface area contributed by atoms with Gasteiger partial charge in [0, 0.05) is 13.1 Å². The van der Waals surface area contributed by atoms with E-state index in [4.69, 9.17) is 4.74 Å². The van der Waals surface area contributed by atoms with Crippen LogP contribution in [0.4, 0.5) is 5.69 Å². The molecule has 0 aliphatic heterocycles. The molecule has 1 atom stereocenters. The van der Waals surface area contributed by atoms with Gasteiger partial charge in [-0.25, -0.2) is 8.42 Å². The van der Waals surface area contributed by atoms with Crippen molar-refractivity contribution >= 4 is 21.6 Å². The van der Waals surface area contributed by atoms with Gasteiger partial charge >= 0.3 is 0 Å². The van der Waals surface area contributed by atoms with E-state index in [-0.39, 0.29) is 5.91 Å². The van der Waals surface area contributed by atoms with Crippen molar-refractivity contribution in [3.8, 4) is 11.5 Å². The number of benzene rings is 2. The van der Waals surface area contributed by atoms with Gasteiger partial charge in [0.15, 0.2) is 0 Å². The first-order chi connectivity index (χ1) is 12.8. The first kappa shape index (κ1) is 20.8. The number of nitrogens with zero attached hydrogens (tertiary/aromatic N) is 2. The first-order valence-electron chi connectivity index (χ1n) is 8.89. The lowest BCUT2D eigenvalue weighted by molar-refractivity contribution is -0.131. The fourth-order valence-corrected chi connectivity index (χ4v) is 4.06. The molecule has 0 N–H and O–H groups in total. The molecular formula is C20H26N2O4S. The summed E-state index contributed by atoms with van der Waals surface area (Å²) in [6.07, 6.45) is 1.10. The van der Waals surface area contributed by atoms with Gasteiger partial charge < -0.3 is 9.64 Å². The third kappa shape index (κ3) is 5.23. The molecule has 2 aromatic rings. The molecule has 0 aliphatic carbocycles. The number of para-hydroxylation sites is 1. The lowest BCUT2D eigenvalue weighted by Gasteiger charge is -2.31. The lowest BCUT2D eigenvalue weighted by Crippen LogP contribution is -2.49. The number of anilines is 1. The Bertz CT molecular complexity index is 847. The van der Waals surface area contributed by atoms with Crippen molar-refractivity contribution in [1.82, 2.24) is 4.90 Å². The first-order valence-corrected chi connectivity index (χ1v) is 10.7. The normalized spacial score (nSPS) is 12.3. The van der Waals surface area contributed by atoms with Gasteiger partial charge in [0.2, 0.25) is 15.9 Å². The summed E-state index contributed by atoms with van der Waals surface area (Å²) >= 11 is 0. The molecule has 6 nitrogen and oxygen atoms in total. The molecule has 0 heterocycles. The second-order valence-electron chi connectivity index (χ2n) is 6.15. The highest BCUT2D eigenvalue weighted by atomic mass is 32.2. The summed E-state index contributed by atoms with van der Waals surface area (Å²) in [5.74, 6) is 1.05. The molecule has 0 saturated carbocycles. The molecule has 1 unspecified atom stereocenters. The Morgan fingerprint density at radius 1 is 0.963 bits per heavy atom. The Kier molecular flexibility index (Phi) is 6.85. The molecule has 0 radical (unpaired) electrons. The summed E-state index contributed by atoms with van der Waals surface area (Å²) in [7, 11) is -3.64. The highest BCUT2D eigenvalue weighted by Crippen LogP contribution is 2.27. The maximum atomic E-state index is 12.7. The zero-order valence-electron chi connectivity index (χ0n) is 16.1. The van der Waals surface area contributed by atoms with Crippen molar-refractivity contribution in [3.05, 3.63) is 54.6 Å². The van der Waals surface area contributed by atoms with Crippen LogP contribution in [0, 0.1) is 0 Å². The maximum absolute atomic E-state index is 12.7. The van der Waals surface area contributed by atoms with Crippen LogP contribution in [0.3, 0.4) is 0 Å². The molecule has 27 heavy (non-hydrogen) atoms. The Labute approximate surface area is 161 Å². The molecule has 0 spiro atoms. The van der Waals surface area contributed by atoms with Gasteiger partial charge in [-0.05, 0) is 57.2 Å². The molecule has 0 saturated heterocycles. The monoisotopic (exact) mass is 390 g/mol. The minimum atomic E-state index is -3.64. The third-order valence-electron chi connectivity index (χ3n) is 4.21. The zero-order chi connectivity index (χ0) is 20.0. The van der Waals surface area contributed by atoms with E-state index < -0.39 is 16.1 Å². The third-order valence-corrected chi connectivity index (χ3v) is 5.45. The molecule has 0 aromatic heterocycles. The predicted molar refractivity (Wildman–Crippen MR) is 108 cm³/mol. The topological polar surface area (TPSA) is 66.9 Å². The van der Waals surface area contributed by atoms with Gasteiger partial charge in [0.05, 0.1) is 11.9 Å². The number of hydrogen-bond donors (Lipinski definition) is 0. The van der Waals surface area contributed by atoms with E-state index in [0.717, 1.165) is 10.6 Å². The minimum Gasteiger partial charge on any atom is -0.457 e. The Balaban J connectivity index is 2.28. The molecule has 146 valence electrons. The van der Waals surface area contributed by atoms with E-state index in [0.29, 0.717) is 30.3 Å². The molecule has 0 aliphatic rings. The van der Waals surface area contributed by atoms with E-state index in [1.807, 2.05) is 44.2 Å². The van der Waals surface area contributed by atoms with Gasteiger partial charge in [-0.15, -0.1) is 0 Å². The molecule has 2 rings (SSSR count). The van der Waals surface area contributed by atoms with Crippen molar-refractivity contribution in [1.29, 1.82) is 0 Å². The van der Waals surface area contributed by atoms with Crippen molar-refractivity contribution in [3.63, 3.8) is 0 Å². The molecule has 0 bridgehead atoms. The highest BCUT2D eigenvalue weighted by molar-refractivity contribution is 7.92. The summed E-state index contributed by atoms with van der Waals surface area (Å²) in [5, 5.41) is 0. The van der Waals surface area contributed by atoms with Gasteiger partial charge in [-0.2, -0.15) is 0 Å². The highest BCUT2D eigenvalue weighted by Gasteiger charge is 2.31. The molecule has 1 amide bonds. The van der Waals surface area contributed by atoms with E-state index in [1.165, 1.54) is 0 Å². The average molecular weight is 391 g/mol. The molecule has 7 heteroatoms. The number of carbonyl (C=O) groups is 1. The number of likely N-dealkylation sites (N-methyl/N-ethyl adjacent to an activating group) is 1. The van der Waals surface area contributed by atoms with Crippen LogP contribution in [0.15, 0.2) is 54.6 Å². The largest absolute Gasteiger partial charge is 0.457 e. The van der Waals surface area contributed by atoms with Crippen LogP contribution in [0.2, 0.25) is 0 Å². The second kappa shape index (κ2) is 8.90. The lowest BCUT2D eigenvalue weighted by atomic mass is 10.2. The summed E-state index contributed by atoms with van der Waals surface area (Å²) in [5.41, 5.74) is 0.422. The smallest absolute Gasteiger partial charge is 0.246 e. The number of sulfonamides is 1. The average Bonchev–Trinajstić information content (AvgIpc) is 2.64. The van der Waals surface area contributed by atoms with Gasteiger partial charge in [-0.1, -0.05) is 18.2 Å². The Morgan fingerprint density at radius 3 is 1.96 bits per heavy atom. The van der Waals surface area contributed by atoms with Crippen LogP contribution in [0.25, 0.3) is 0 Å². The summed E-state index contributed by atoms with van der Waals surface area (Å²) < 4.78 is 31.6. The minimum absolute atomic E-state index is 0.227. The number of ether oxygens (including phenoxy) is 1. The summed E-state index contributed by atoms with van der Waals surface area (Å²) in [6, 6.07) is 15.1. The Morgan fingerprint density at radius 2 is 1.48 bits per heavy atom. The molecule has 0 fully saturated rings. The van der Waals surface area contributed by atoms with Crippen LogP contribution < -0.4 is 9.04 Å². The van der Waals surface area contributed by atoms with E-state index >= 15 is 0 Å². The summed E-state index contributed by atoms with van der Waals surface area (Å²) in [4.78, 5) is 14.3. The fraction of sp³-hybridized carbons (Fsp3) is 0.350. The van der Waals surface area contributed by atoms with Crippen LogP contribution in [-0.4, -0.2) is 44.6 Å². The SMILES string of the molecule is CCN(CC)C(=O)C(C)N(c1ccc(Oc2ccccc2)cc1)S(C)(=O)=O. The van der Waals surface area contributed by atoms with Crippen LogP contribution >= 0.6 is 0 Å². The van der Waals surface area contributed by atoms with Crippen LogP contribution in [-0.2, 0) is 14.8 Å². The second-order valence-corrected chi connectivity index (χ2v) is 8.01. The quantitative estimate of drug-likeness (QED) is 0.692. The van der Waals surface area contributed by atoms with Crippen molar-refractivity contribution in [2.45, 2.75) is 26.8 Å². The van der Waals surface area contributed by atoms with Crippen LogP contribution in [0.5, 0.6) is 11.5 Å². The number of rotatable bonds is 8. The summed E-state index contributed by atoms with van der Waals surface area (Å²) in [6.45, 7) is 6.40. The van der Waals surface area contributed by atoms with E-state index in [1.54, 1.807) is 36.1 Å². The van der Waals surface area contributed by atoms with Gasteiger partial charge in [0.1, 0.15) is 17.5 Å². The number of carbonyl (C=O) groups excluding carboxylic acids is 1. The van der Waals surface area contributed by atoms with Crippen molar-refractivity contribution < 1.29 is 17.9 Å². The standard InChI is InChI=1S/C20H26N2O4S/c1-5-21(6-2)20(23)16(3)22(27(4,24)25)17-12-14-19(15-13-17)26-18-10-8-7-9-11-18/h7-16H,5-6H2,1-4H3. The van der Waals surface area contributed by atoms with E-state index in [9.17, 15) is 13.2 Å². The zero-order valence-corrected chi connectivity index (χ0v) is 16.9. The fourth-order valence-electron chi connectivity index (χ4n) is 2.89. The van der Waals surface area contributed by atoms with Crippen molar-refractivity contribution in [2.24, 2.45) is 0 Å². The van der Waals surface area contributed by atoms with E-state index in [2.05, 4.69) is 0 Å². The van der Waals surface area contributed by atoms with Gasteiger partial charge in [-0.3, -0.25) is 9.10 Å². The molecular weight excluding hydrogens is 364 g/mol. The van der Waals surface area contributed by atoms with Crippen molar-refractivity contribution in [2.75, 3.05) is 23.7 Å². The van der Waals surface area contributed by atoms with Crippen LogP contribution in [0.1, 0.15) is 20.8 Å². The molecule has 2 aromatic carbocycles. The predicted octanol–water partition coefficient (Wildman–Crippen LogP) is 3.50. The van der Waals surface area contributed by atoms with Gasteiger partial charge in [0.25, 0.3) is 0 Å². The number of amides is 1. The number of hydrogen-bond acceptors (Lipinski definition) is 4. The Hall–Kier alpha value is -2.54. The maximum Gasteiger partial charge on any atom is 0.246 e.